The van der Waals surface area contributed by atoms with Crippen LogP contribution in [0.25, 0.3) is 0 Å². The lowest BCUT2D eigenvalue weighted by molar-refractivity contribution is -0.143. The van der Waals surface area contributed by atoms with Crippen LogP contribution >= 0.6 is 11.8 Å². The number of hydrogen-bond acceptors (Lipinski definition) is 9. The van der Waals surface area contributed by atoms with Crippen LogP contribution in [0.3, 0.4) is 0 Å². The number of amides is 3. The van der Waals surface area contributed by atoms with E-state index < -0.39 is 79.2 Å². The smallest absolute Gasteiger partial charge is 0.326 e. The standard InChI is InChI=1S/C16H26N4O10S/c1-31-3-2-8(16(29)30)18-14(27)9(5-12(24)25)19-15(28)10(6-21)20-13(26)7(17)4-11(22)23/h7-10,21H,2-6,17H2,1H3,(H,18,27)(H,19,28)(H,20,26)(H,22,23)(H,24,25)(H,29,30). The molecule has 0 spiro atoms. The van der Waals surface area contributed by atoms with Crippen LogP contribution in [0.2, 0.25) is 0 Å². The van der Waals surface area contributed by atoms with Gasteiger partial charge in [0.15, 0.2) is 0 Å². The van der Waals surface area contributed by atoms with Gasteiger partial charge in [0.2, 0.25) is 17.7 Å². The molecule has 0 heterocycles. The number of carboxylic acids is 3. The molecular weight excluding hydrogens is 440 g/mol. The van der Waals surface area contributed by atoms with Crippen LogP contribution < -0.4 is 21.7 Å². The zero-order valence-electron chi connectivity index (χ0n) is 16.6. The summed E-state index contributed by atoms with van der Waals surface area (Å²) in [6.07, 6.45) is 0.117. The highest BCUT2D eigenvalue weighted by molar-refractivity contribution is 7.98. The molecular formula is C16H26N4O10S. The molecule has 0 bridgehead atoms. The second-order valence-corrected chi connectivity index (χ2v) is 7.27. The van der Waals surface area contributed by atoms with E-state index in [0.29, 0.717) is 5.75 Å². The summed E-state index contributed by atoms with van der Waals surface area (Å²) in [7, 11) is 0. The molecule has 0 aromatic heterocycles. The molecule has 4 atom stereocenters. The van der Waals surface area contributed by atoms with Gasteiger partial charge in [-0.25, -0.2) is 4.79 Å². The van der Waals surface area contributed by atoms with E-state index in [1.54, 1.807) is 6.26 Å². The van der Waals surface area contributed by atoms with Gasteiger partial charge in [-0.3, -0.25) is 24.0 Å². The molecule has 31 heavy (non-hydrogen) atoms. The molecule has 0 aromatic carbocycles. The summed E-state index contributed by atoms with van der Waals surface area (Å²) < 4.78 is 0. The number of carbonyl (C=O) groups excluding carboxylic acids is 3. The van der Waals surface area contributed by atoms with Crippen molar-refractivity contribution >= 4 is 47.4 Å². The lowest BCUT2D eigenvalue weighted by atomic mass is 10.1. The number of carboxylic acid groups (broad SMARTS) is 3. The third kappa shape index (κ3) is 11.2. The zero-order valence-corrected chi connectivity index (χ0v) is 17.4. The second-order valence-electron chi connectivity index (χ2n) is 6.29. The number of nitrogens with one attached hydrogen (secondary N) is 3. The Bertz CT molecular complexity index is 689. The van der Waals surface area contributed by atoms with Crippen molar-refractivity contribution in [3.8, 4) is 0 Å². The molecule has 0 rings (SSSR count). The van der Waals surface area contributed by atoms with E-state index >= 15 is 0 Å². The van der Waals surface area contributed by atoms with Crippen molar-refractivity contribution in [2.24, 2.45) is 5.73 Å². The van der Waals surface area contributed by atoms with Gasteiger partial charge < -0.3 is 42.1 Å². The first-order chi connectivity index (χ1) is 14.4. The number of aliphatic carboxylic acids is 3. The quantitative estimate of drug-likeness (QED) is 0.117. The zero-order chi connectivity index (χ0) is 24.1. The summed E-state index contributed by atoms with van der Waals surface area (Å²) >= 11 is 1.33. The molecule has 0 aliphatic carbocycles. The van der Waals surface area contributed by atoms with Gasteiger partial charge in [0.25, 0.3) is 0 Å². The van der Waals surface area contributed by atoms with E-state index in [0.717, 1.165) is 0 Å². The van der Waals surface area contributed by atoms with E-state index in [9.17, 15) is 39.0 Å². The molecule has 3 amide bonds. The highest BCUT2D eigenvalue weighted by Crippen LogP contribution is 2.03. The van der Waals surface area contributed by atoms with Crippen molar-refractivity contribution in [1.29, 1.82) is 0 Å². The monoisotopic (exact) mass is 466 g/mol. The van der Waals surface area contributed by atoms with Gasteiger partial charge in [0.05, 0.1) is 25.5 Å². The van der Waals surface area contributed by atoms with Crippen LogP contribution in [0.1, 0.15) is 19.3 Å². The van der Waals surface area contributed by atoms with Crippen LogP contribution in [0, 0.1) is 0 Å². The van der Waals surface area contributed by atoms with Gasteiger partial charge in [-0.05, 0) is 18.4 Å². The van der Waals surface area contributed by atoms with Gasteiger partial charge in [-0.15, -0.1) is 0 Å². The summed E-state index contributed by atoms with van der Waals surface area (Å²) in [6, 6.07) is -6.22. The number of aliphatic hydroxyl groups excluding tert-OH is 1. The van der Waals surface area contributed by atoms with Crippen molar-refractivity contribution in [2.45, 2.75) is 43.4 Å². The summed E-state index contributed by atoms with van der Waals surface area (Å²) in [5.41, 5.74) is 5.35. The number of thioether (sulfide) groups is 1. The molecule has 0 aliphatic heterocycles. The number of carbonyl (C=O) groups is 6. The minimum Gasteiger partial charge on any atom is -0.481 e. The fourth-order valence-corrected chi connectivity index (χ4v) is 2.65. The molecule has 4 unspecified atom stereocenters. The Balaban J connectivity index is 5.25. The number of hydrogen-bond donors (Lipinski definition) is 8. The SMILES string of the molecule is CSCCC(NC(=O)C(CC(=O)O)NC(=O)C(CO)NC(=O)C(N)CC(=O)O)C(=O)O. The predicted molar refractivity (Wildman–Crippen MR) is 106 cm³/mol. The Kier molecular flexibility index (Phi) is 12.8. The van der Waals surface area contributed by atoms with Crippen molar-refractivity contribution in [2.75, 3.05) is 18.6 Å². The average Bonchev–Trinajstić information content (AvgIpc) is 2.66. The van der Waals surface area contributed by atoms with Crippen LogP contribution in [0.15, 0.2) is 0 Å². The van der Waals surface area contributed by atoms with E-state index in [4.69, 9.17) is 15.9 Å². The maximum absolute atomic E-state index is 12.4. The van der Waals surface area contributed by atoms with Gasteiger partial charge in [0, 0.05) is 0 Å². The fraction of sp³-hybridized carbons (Fsp3) is 0.625. The molecule has 0 radical (unpaired) electrons. The molecule has 0 aromatic rings. The maximum atomic E-state index is 12.4. The minimum absolute atomic E-state index is 0.0484. The van der Waals surface area contributed by atoms with Crippen LogP contribution in [0.4, 0.5) is 0 Å². The lowest BCUT2D eigenvalue weighted by Crippen LogP contribution is -2.58. The van der Waals surface area contributed by atoms with E-state index in [2.05, 4.69) is 5.32 Å². The summed E-state index contributed by atoms with van der Waals surface area (Å²) in [4.78, 5) is 69.4. The third-order valence-corrected chi connectivity index (χ3v) is 4.43. The molecule has 0 fully saturated rings. The number of rotatable bonds is 15. The largest absolute Gasteiger partial charge is 0.481 e. The Labute approximate surface area is 180 Å². The third-order valence-electron chi connectivity index (χ3n) is 3.78. The first kappa shape index (κ1) is 28.1. The highest BCUT2D eigenvalue weighted by Gasteiger charge is 2.31. The Morgan fingerprint density at radius 2 is 1.29 bits per heavy atom. The Hall–Kier alpha value is -2.91. The maximum Gasteiger partial charge on any atom is 0.326 e. The van der Waals surface area contributed by atoms with Crippen LogP contribution in [-0.4, -0.2) is 98.8 Å². The molecule has 0 saturated carbocycles. The lowest BCUT2D eigenvalue weighted by Gasteiger charge is -2.23. The van der Waals surface area contributed by atoms with Gasteiger partial charge in [-0.1, -0.05) is 0 Å². The van der Waals surface area contributed by atoms with Gasteiger partial charge in [0.1, 0.15) is 18.1 Å². The van der Waals surface area contributed by atoms with Crippen LogP contribution in [-0.2, 0) is 28.8 Å². The number of nitrogens with two attached hydrogens (primary N) is 1. The van der Waals surface area contributed by atoms with E-state index in [-0.39, 0.29) is 6.42 Å². The van der Waals surface area contributed by atoms with E-state index in [1.165, 1.54) is 11.8 Å². The summed E-state index contributed by atoms with van der Waals surface area (Å²) in [5.74, 6) is -7.13. The van der Waals surface area contributed by atoms with Crippen LogP contribution in [0.5, 0.6) is 0 Å². The molecule has 0 saturated heterocycles. The first-order valence-corrected chi connectivity index (χ1v) is 10.2. The summed E-state index contributed by atoms with van der Waals surface area (Å²) in [5, 5.41) is 42.3. The molecule has 14 nitrogen and oxygen atoms in total. The summed E-state index contributed by atoms with van der Waals surface area (Å²) in [6.45, 7) is -0.968. The molecule has 15 heteroatoms. The molecule has 0 aliphatic rings. The minimum atomic E-state index is -1.71. The van der Waals surface area contributed by atoms with Gasteiger partial charge >= 0.3 is 17.9 Å². The average molecular weight is 466 g/mol. The second kappa shape index (κ2) is 14.2. The highest BCUT2D eigenvalue weighted by atomic mass is 32.2. The first-order valence-electron chi connectivity index (χ1n) is 8.85. The molecule has 9 N–H and O–H groups in total. The van der Waals surface area contributed by atoms with Crippen molar-refractivity contribution in [1.82, 2.24) is 16.0 Å². The van der Waals surface area contributed by atoms with E-state index in [1.807, 2.05) is 10.6 Å². The van der Waals surface area contributed by atoms with Gasteiger partial charge in [-0.2, -0.15) is 11.8 Å². The Morgan fingerprint density at radius 3 is 1.74 bits per heavy atom. The fourth-order valence-electron chi connectivity index (χ4n) is 2.18. The predicted octanol–water partition coefficient (Wildman–Crippen LogP) is -3.45. The normalized spacial score (nSPS) is 14.4. The number of aliphatic hydroxyl groups is 1. The molecule has 176 valence electrons. The van der Waals surface area contributed by atoms with Crippen molar-refractivity contribution in [3.63, 3.8) is 0 Å². The van der Waals surface area contributed by atoms with Crippen molar-refractivity contribution in [3.05, 3.63) is 0 Å². The topological polar surface area (TPSA) is 245 Å². The van der Waals surface area contributed by atoms with Crippen molar-refractivity contribution < 1.29 is 49.2 Å². The Morgan fingerprint density at radius 1 is 0.806 bits per heavy atom.